The normalized spacial score (nSPS) is 13.5. The van der Waals surface area contributed by atoms with Gasteiger partial charge in [0.2, 0.25) is 0 Å². The molecule has 3 rings (SSSR count). The largest absolute Gasteiger partial charge is 0.492 e. The van der Waals surface area contributed by atoms with Gasteiger partial charge in [-0.2, -0.15) is 0 Å². The number of aryl methyl sites for hydroxylation is 2. The summed E-state index contributed by atoms with van der Waals surface area (Å²) in [6.07, 6.45) is 0. The Morgan fingerprint density at radius 3 is 2.00 bits per heavy atom. The highest BCUT2D eigenvalue weighted by Gasteiger charge is 2.34. The minimum absolute atomic E-state index is 0.246. The first-order valence-corrected chi connectivity index (χ1v) is 7.22. The third-order valence-corrected chi connectivity index (χ3v) is 3.66. The number of rotatable bonds is 4. The van der Waals surface area contributed by atoms with E-state index in [4.69, 9.17) is 4.74 Å². The molecule has 0 saturated heterocycles. The van der Waals surface area contributed by atoms with Gasteiger partial charge in [0.15, 0.2) is 0 Å². The summed E-state index contributed by atoms with van der Waals surface area (Å²) < 4.78 is 5.68. The minimum Gasteiger partial charge on any atom is -0.492 e. The SMILES string of the molecule is Cc1cc(C)cc(OCCN2C(=O)c3ccccc3C2=O)c1. The first-order valence-electron chi connectivity index (χ1n) is 7.22. The zero-order valence-corrected chi connectivity index (χ0v) is 12.6. The van der Waals surface area contributed by atoms with Crippen molar-refractivity contribution in [3.8, 4) is 5.75 Å². The summed E-state index contributed by atoms with van der Waals surface area (Å²) >= 11 is 0. The molecule has 4 heteroatoms. The first-order chi connectivity index (χ1) is 10.6. The third-order valence-electron chi connectivity index (χ3n) is 3.66. The second-order valence-electron chi connectivity index (χ2n) is 5.48. The van der Waals surface area contributed by atoms with E-state index < -0.39 is 0 Å². The molecule has 0 bridgehead atoms. The standard InChI is InChI=1S/C18H17NO3/c1-12-9-13(2)11-14(10-12)22-8-7-19-17(20)15-5-3-4-6-16(15)18(19)21/h3-6,9-11H,7-8H2,1-2H3. The molecular weight excluding hydrogens is 278 g/mol. The summed E-state index contributed by atoms with van der Waals surface area (Å²) in [5.74, 6) is 0.267. The van der Waals surface area contributed by atoms with E-state index in [1.165, 1.54) is 4.90 Å². The van der Waals surface area contributed by atoms with Crippen molar-refractivity contribution < 1.29 is 14.3 Å². The fourth-order valence-corrected chi connectivity index (χ4v) is 2.71. The van der Waals surface area contributed by atoms with Crippen LogP contribution in [0, 0.1) is 13.8 Å². The molecule has 0 atom stereocenters. The molecule has 1 aliphatic rings. The Labute approximate surface area is 129 Å². The van der Waals surface area contributed by atoms with Gasteiger partial charge >= 0.3 is 0 Å². The number of ether oxygens (including phenoxy) is 1. The van der Waals surface area contributed by atoms with Crippen LogP contribution in [-0.2, 0) is 0 Å². The van der Waals surface area contributed by atoms with Gasteiger partial charge < -0.3 is 4.74 Å². The van der Waals surface area contributed by atoms with Crippen LogP contribution in [0.3, 0.4) is 0 Å². The van der Waals surface area contributed by atoms with E-state index in [0.29, 0.717) is 11.1 Å². The van der Waals surface area contributed by atoms with Gasteiger partial charge in [-0.15, -0.1) is 0 Å². The highest BCUT2D eigenvalue weighted by Crippen LogP contribution is 2.22. The predicted molar refractivity (Wildman–Crippen MR) is 83.2 cm³/mol. The Hall–Kier alpha value is -2.62. The maximum absolute atomic E-state index is 12.2. The fraction of sp³-hybridized carbons (Fsp3) is 0.222. The van der Waals surface area contributed by atoms with Gasteiger partial charge in [0.1, 0.15) is 12.4 Å². The molecule has 4 nitrogen and oxygen atoms in total. The number of amides is 2. The van der Waals surface area contributed by atoms with E-state index in [2.05, 4.69) is 6.07 Å². The van der Waals surface area contributed by atoms with Crippen molar-refractivity contribution in [3.05, 3.63) is 64.7 Å². The van der Waals surface area contributed by atoms with Crippen LogP contribution in [0.5, 0.6) is 5.75 Å². The smallest absolute Gasteiger partial charge is 0.261 e. The lowest BCUT2D eigenvalue weighted by molar-refractivity contribution is 0.0631. The number of benzene rings is 2. The molecule has 0 radical (unpaired) electrons. The maximum atomic E-state index is 12.2. The number of hydrogen-bond acceptors (Lipinski definition) is 3. The van der Waals surface area contributed by atoms with Crippen LogP contribution in [0.4, 0.5) is 0 Å². The molecule has 0 aliphatic carbocycles. The monoisotopic (exact) mass is 295 g/mol. The molecule has 112 valence electrons. The lowest BCUT2D eigenvalue weighted by atomic mass is 10.1. The Morgan fingerprint density at radius 2 is 1.45 bits per heavy atom. The molecule has 0 aromatic heterocycles. The van der Waals surface area contributed by atoms with Gasteiger partial charge in [-0.05, 0) is 49.2 Å². The van der Waals surface area contributed by atoms with Gasteiger partial charge in [0.25, 0.3) is 11.8 Å². The second-order valence-corrected chi connectivity index (χ2v) is 5.48. The van der Waals surface area contributed by atoms with Gasteiger partial charge in [-0.25, -0.2) is 0 Å². The van der Waals surface area contributed by atoms with Crippen LogP contribution in [-0.4, -0.2) is 29.9 Å². The van der Waals surface area contributed by atoms with Gasteiger partial charge in [-0.1, -0.05) is 18.2 Å². The van der Waals surface area contributed by atoms with Crippen molar-refractivity contribution in [2.24, 2.45) is 0 Å². The molecule has 0 N–H and O–H groups in total. The van der Waals surface area contributed by atoms with Crippen LogP contribution in [0.15, 0.2) is 42.5 Å². The molecule has 0 saturated carbocycles. The Kier molecular flexibility index (Phi) is 3.67. The molecule has 2 aromatic rings. The van der Waals surface area contributed by atoms with Crippen LogP contribution in [0.2, 0.25) is 0 Å². The summed E-state index contributed by atoms with van der Waals surface area (Å²) in [4.78, 5) is 25.7. The summed E-state index contributed by atoms with van der Waals surface area (Å²) in [5, 5.41) is 0. The van der Waals surface area contributed by atoms with Crippen LogP contribution in [0.1, 0.15) is 31.8 Å². The molecule has 0 fully saturated rings. The van der Waals surface area contributed by atoms with Gasteiger partial charge in [-0.3, -0.25) is 14.5 Å². The highest BCUT2D eigenvalue weighted by molar-refractivity contribution is 6.21. The summed E-state index contributed by atoms with van der Waals surface area (Å²) in [5.41, 5.74) is 3.18. The highest BCUT2D eigenvalue weighted by atomic mass is 16.5. The molecule has 0 unspecified atom stereocenters. The van der Waals surface area contributed by atoms with E-state index >= 15 is 0 Å². The number of carbonyl (C=O) groups is 2. The van der Waals surface area contributed by atoms with Crippen LogP contribution in [0.25, 0.3) is 0 Å². The minimum atomic E-state index is -0.246. The lowest BCUT2D eigenvalue weighted by Crippen LogP contribution is -2.33. The average Bonchev–Trinajstić information content (AvgIpc) is 2.72. The number of carbonyl (C=O) groups excluding carboxylic acids is 2. The second kappa shape index (κ2) is 5.64. The number of fused-ring (bicyclic) bond motifs is 1. The van der Waals surface area contributed by atoms with Crippen LogP contribution < -0.4 is 4.74 Å². The summed E-state index contributed by atoms with van der Waals surface area (Å²) in [6.45, 7) is 4.54. The quantitative estimate of drug-likeness (QED) is 0.815. The van der Waals surface area contributed by atoms with E-state index in [1.54, 1.807) is 24.3 Å². The number of imide groups is 1. The maximum Gasteiger partial charge on any atom is 0.261 e. The average molecular weight is 295 g/mol. The predicted octanol–water partition coefficient (Wildman–Crippen LogP) is 2.98. The Balaban J connectivity index is 1.66. The van der Waals surface area contributed by atoms with Crippen molar-refractivity contribution in [2.45, 2.75) is 13.8 Å². The van der Waals surface area contributed by atoms with E-state index in [-0.39, 0.29) is 25.0 Å². The van der Waals surface area contributed by atoms with Crippen LogP contribution >= 0.6 is 0 Å². The molecule has 2 amide bonds. The van der Waals surface area contributed by atoms with Crippen molar-refractivity contribution in [1.29, 1.82) is 0 Å². The van der Waals surface area contributed by atoms with Gasteiger partial charge in [0.05, 0.1) is 17.7 Å². The zero-order valence-electron chi connectivity index (χ0n) is 12.6. The van der Waals surface area contributed by atoms with E-state index in [1.807, 2.05) is 26.0 Å². The molecule has 1 aliphatic heterocycles. The Bertz CT molecular complexity index is 696. The molecule has 0 spiro atoms. The summed E-state index contributed by atoms with van der Waals surface area (Å²) in [6, 6.07) is 12.8. The Morgan fingerprint density at radius 1 is 0.909 bits per heavy atom. The van der Waals surface area contributed by atoms with Crippen molar-refractivity contribution in [3.63, 3.8) is 0 Å². The van der Waals surface area contributed by atoms with E-state index in [0.717, 1.165) is 16.9 Å². The van der Waals surface area contributed by atoms with Gasteiger partial charge in [0, 0.05) is 0 Å². The molecular formula is C18H17NO3. The number of nitrogens with zero attached hydrogens (tertiary/aromatic N) is 1. The number of hydrogen-bond donors (Lipinski definition) is 0. The van der Waals surface area contributed by atoms with E-state index in [9.17, 15) is 9.59 Å². The van der Waals surface area contributed by atoms with Crippen molar-refractivity contribution in [2.75, 3.05) is 13.2 Å². The third kappa shape index (κ3) is 2.60. The zero-order chi connectivity index (χ0) is 15.7. The fourth-order valence-electron chi connectivity index (χ4n) is 2.71. The topological polar surface area (TPSA) is 46.6 Å². The lowest BCUT2D eigenvalue weighted by Gasteiger charge is -2.15. The molecule has 1 heterocycles. The molecule has 2 aromatic carbocycles. The summed E-state index contributed by atoms with van der Waals surface area (Å²) in [7, 11) is 0. The van der Waals surface area contributed by atoms with Crippen molar-refractivity contribution in [1.82, 2.24) is 4.90 Å². The molecule has 22 heavy (non-hydrogen) atoms. The van der Waals surface area contributed by atoms with Crippen molar-refractivity contribution >= 4 is 11.8 Å². The first kappa shape index (κ1) is 14.3.